The second kappa shape index (κ2) is 8.43. The molecule has 1 fully saturated rings. The van der Waals surface area contributed by atoms with Gasteiger partial charge in [-0.3, -0.25) is 9.48 Å². The summed E-state index contributed by atoms with van der Waals surface area (Å²) in [4.78, 5) is 27.8. The number of amides is 3. The second-order valence-corrected chi connectivity index (χ2v) is 8.62. The molecule has 0 aliphatic carbocycles. The van der Waals surface area contributed by atoms with Crippen molar-refractivity contribution in [3.8, 4) is 0 Å². The zero-order chi connectivity index (χ0) is 21.3. The summed E-state index contributed by atoms with van der Waals surface area (Å²) < 4.78 is 15.1. The van der Waals surface area contributed by atoms with Crippen LogP contribution in [-0.4, -0.2) is 45.8 Å². The monoisotopic (exact) mass is 429 g/mol. The highest BCUT2D eigenvalue weighted by atomic mass is 32.1. The molecule has 3 amide bonds. The summed E-state index contributed by atoms with van der Waals surface area (Å²) in [6, 6.07) is 7.61. The highest BCUT2D eigenvalue weighted by molar-refractivity contribution is 7.20. The van der Waals surface area contributed by atoms with E-state index in [2.05, 4.69) is 10.4 Å². The summed E-state index contributed by atoms with van der Waals surface area (Å²) in [5.74, 6) is -0.300. The molecule has 0 radical (unpaired) electrons. The van der Waals surface area contributed by atoms with Crippen molar-refractivity contribution in [3.05, 3.63) is 52.3 Å². The normalized spacial score (nSPS) is 16.7. The molecule has 158 valence electrons. The number of halogens is 1. The van der Waals surface area contributed by atoms with Crippen LogP contribution in [0.2, 0.25) is 0 Å². The molecule has 1 aromatic carbocycles. The van der Waals surface area contributed by atoms with Gasteiger partial charge in [0.05, 0.1) is 17.1 Å². The van der Waals surface area contributed by atoms with Crippen LogP contribution in [0.5, 0.6) is 0 Å². The topological polar surface area (TPSA) is 93.2 Å². The molecule has 0 spiro atoms. The number of nitrogens with zero attached hydrogens (tertiary/aromatic N) is 3. The molecule has 0 unspecified atom stereocenters. The molecular weight excluding hydrogens is 405 g/mol. The largest absolute Gasteiger partial charge is 0.352 e. The lowest BCUT2D eigenvalue weighted by Gasteiger charge is -2.35. The number of hydrogen-bond acceptors (Lipinski definition) is 4. The van der Waals surface area contributed by atoms with Crippen molar-refractivity contribution >= 4 is 33.5 Å². The molecule has 1 saturated heterocycles. The fourth-order valence-corrected chi connectivity index (χ4v) is 5.05. The molecule has 0 bridgehead atoms. The van der Waals surface area contributed by atoms with E-state index >= 15 is 0 Å². The number of carbonyl (C=O) groups is 2. The number of piperidine rings is 1. The quantitative estimate of drug-likeness (QED) is 0.652. The van der Waals surface area contributed by atoms with E-state index in [4.69, 9.17) is 5.73 Å². The Labute approximate surface area is 177 Å². The first kappa shape index (κ1) is 20.3. The Hall–Kier alpha value is -2.94. The fourth-order valence-electron chi connectivity index (χ4n) is 3.93. The summed E-state index contributed by atoms with van der Waals surface area (Å²) in [6.07, 6.45) is 2.81. The molecule has 3 aromatic rings. The fraction of sp³-hybridized carbons (Fsp3) is 0.381. The van der Waals surface area contributed by atoms with Gasteiger partial charge in [0.25, 0.3) is 5.91 Å². The Morgan fingerprint density at radius 2 is 2.07 bits per heavy atom. The molecule has 30 heavy (non-hydrogen) atoms. The molecule has 1 atom stereocenters. The highest BCUT2D eigenvalue weighted by Gasteiger charge is 2.29. The van der Waals surface area contributed by atoms with Crippen molar-refractivity contribution in [3.63, 3.8) is 0 Å². The zero-order valence-corrected chi connectivity index (χ0v) is 17.5. The number of rotatable bonds is 5. The first-order valence-electron chi connectivity index (χ1n) is 9.98. The van der Waals surface area contributed by atoms with Gasteiger partial charge in [0.2, 0.25) is 0 Å². The molecule has 3 heterocycles. The Balaban J connectivity index is 1.58. The van der Waals surface area contributed by atoms with Gasteiger partial charge in [-0.05, 0) is 49.9 Å². The molecule has 2 aromatic heterocycles. The molecule has 3 N–H and O–H groups in total. The maximum atomic E-state index is 13.3. The third-order valence-corrected chi connectivity index (χ3v) is 6.60. The number of nitrogens with one attached hydrogen (secondary N) is 1. The van der Waals surface area contributed by atoms with Gasteiger partial charge in [-0.25, -0.2) is 9.18 Å². The van der Waals surface area contributed by atoms with E-state index < -0.39 is 6.03 Å². The number of aryl methyl sites for hydroxylation is 1. The number of likely N-dealkylation sites (tertiary alicyclic amines) is 1. The minimum Gasteiger partial charge on any atom is -0.352 e. The number of carbonyl (C=O) groups excluding carboxylic acids is 2. The van der Waals surface area contributed by atoms with Crippen LogP contribution in [-0.2, 0) is 6.54 Å². The second-order valence-electron chi connectivity index (χ2n) is 7.59. The van der Waals surface area contributed by atoms with Crippen molar-refractivity contribution in [1.82, 2.24) is 20.0 Å². The van der Waals surface area contributed by atoms with E-state index in [1.807, 2.05) is 22.6 Å². The molecule has 1 aliphatic heterocycles. The lowest BCUT2D eigenvalue weighted by atomic mass is 10.0. The molecular formula is C21H24FN5O2S. The Bertz CT molecular complexity index is 1080. The van der Waals surface area contributed by atoms with Crippen LogP contribution in [0.4, 0.5) is 9.18 Å². The van der Waals surface area contributed by atoms with Crippen LogP contribution in [0.1, 0.15) is 40.2 Å². The van der Waals surface area contributed by atoms with Gasteiger partial charge in [0.15, 0.2) is 0 Å². The van der Waals surface area contributed by atoms with Crippen LogP contribution in [0.25, 0.3) is 10.2 Å². The van der Waals surface area contributed by atoms with Crippen molar-refractivity contribution in [1.29, 1.82) is 0 Å². The van der Waals surface area contributed by atoms with E-state index in [0.29, 0.717) is 24.5 Å². The number of thiophene rings is 1. The van der Waals surface area contributed by atoms with E-state index in [1.54, 1.807) is 12.1 Å². The van der Waals surface area contributed by atoms with Crippen LogP contribution in [0.3, 0.4) is 0 Å². The van der Waals surface area contributed by atoms with Crippen LogP contribution >= 0.6 is 11.3 Å². The van der Waals surface area contributed by atoms with E-state index in [0.717, 1.165) is 40.7 Å². The molecule has 7 nitrogen and oxygen atoms in total. The Kier molecular flexibility index (Phi) is 5.72. The Morgan fingerprint density at radius 3 is 2.80 bits per heavy atom. The number of urea groups is 1. The predicted molar refractivity (Wildman–Crippen MR) is 114 cm³/mol. The van der Waals surface area contributed by atoms with Gasteiger partial charge in [-0.1, -0.05) is 12.1 Å². The SMILES string of the molecule is Cc1nn(Cc2ccc(F)cc2)c2sc(C(=O)N3CCCC[C@H]3CNC(N)=O)cc12. The van der Waals surface area contributed by atoms with Crippen LogP contribution < -0.4 is 11.1 Å². The van der Waals surface area contributed by atoms with Crippen LogP contribution in [0, 0.1) is 12.7 Å². The van der Waals surface area contributed by atoms with Gasteiger partial charge in [-0.2, -0.15) is 5.10 Å². The maximum Gasteiger partial charge on any atom is 0.312 e. The summed E-state index contributed by atoms with van der Waals surface area (Å²) in [5.41, 5.74) is 7.00. The van der Waals surface area contributed by atoms with Crippen molar-refractivity contribution in [2.24, 2.45) is 5.73 Å². The summed E-state index contributed by atoms with van der Waals surface area (Å²) in [7, 11) is 0. The maximum absolute atomic E-state index is 13.3. The average Bonchev–Trinajstić information content (AvgIpc) is 3.29. The smallest absolute Gasteiger partial charge is 0.312 e. The highest BCUT2D eigenvalue weighted by Crippen LogP contribution is 2.31. The van der Waals surface area contributed by atoms with Crippen molar-refractivity contribution in [2.45, 2.75) is 38.8 Å². The number of fused-ring (bicyclic) bond motifs is 1. The zero-order valence-electron chi connectivity index (χ0n) is 16.7. The standard InChI is InChI=1S/C21H24FN5O2S/c1-13-17-10-18(19(28)26-9-3-2-4-16(26)11-24-21(23)29)30-20(17)27(25-13)12-14-5-7-15(22)8-6-14/h5-8,10,16H,2-4,9,11-12H2,1H3,(H3,23,24,29)/t16-/m0/s1. The molecule has 0 saturated carbocycles. The summed E-state index contributed by atoms with van der Waals surface area (Å²) >= 11 is 1.42. The third-order valence-electron chi connectivity index (χ3n) is 5.46. The van der Waals surface area contributed by atoms with Crippen molar-refractivity contribution in [2.75, 3.05) is 13.1 Å². The molecule has 9 heteroatoms. The minimum atomic E-state index is -0.577. The van der Waals surface area contributed by atoms with Crippen LogP contribution in [0.15, 0.2) is 30.3 Å². The lowest BCUT2D eigenvalue weighted by molar-refractivity contribution is 0.0620. The lowest BCUT2D eigenvalue weighted by Crippen LogP contribution is -2.50. The number of primary amides is 1. The van der Waals surface area contributed by atoms with Crippen molar-refractivity contribution < 1.29 is 14.0 Å². The number of aromatic nitrogens is 2. The number of benzene rings is 1. The number of nitrogens with two attached hydrogens (primary N) is 1. The first-order valence-corrected chi connectivity index (χ1v) is 10.8. The van der Waals surface area contributed by atoms with E-state index in [-0.39, 0.29) is 17.8 Å². The predicted octanol–water partition coefficient (Wildman–Crippen LogP) is 3.26. The van der Waals surface area contributed by atoms with Gasteiger partial charge >= 0.3 is 6.03 Å². The average molecular weight is 430 g/mol. The summed E-state index contributed by atoms with van der Waals surface area (Å²) in [6.45, 7) is 3.46. The van der Waals surface area contributed by atoms with Gasteiger partial charge in [0.1, 0.15) is 10.6 Å². The minimum absolute atomic E-state index is 0.0279. The summed E-state index contributed by atoms with van der Waals surface area (Å²) in [5, 5.41) is 8.17. The third kappa shape index (κ3) is 4.16. The molecule has 4 rings (SSSR count). The first-order chi connectivity index (χ1) is 14.4. The van der Waals surface area contributed by atoms with Gasteiger partial charge < -0.3 is 16.0 Å². The van der Waals surface area contributed by atoms with E-state index in [1.165, 1.54) is 23.5 Å². The van der Waals surface area contributed by atoms with E-state index in [9.17, 15) is 14.0 Å². The number of hydrogen-bond donors (Lipinski definition) is 2. The molecule has 1 aliphatic rings. The Morgan fingerprint density at radius 1 is 1.30 bits per heavy atom. The van der Waals surface area contributed by atoms with Gasteiger partial charge in [-0.15, -0.1) is 11.3 Å². The van der Waals surface area contributed by atoms with Gasteiger partial charge in [0, 0.05) is 24.5 Å².